The molecule has 0 spiro atoms. The van der Waals surface area contributed by atoms with E-state index in [0.29, 0.717) is 19.6 Å². The van der Waals surface area contributed by atoms with E-state index in [1.54, 1.807) is 12.1 Å². The van der Waals surface area contributed by atoms with Crippen LogP contribution in [0.5, 0.6) is 5.88 Å². The third-order valence-electron chi connectivity index (χ3n) is 4.54. The van der Waals surface area contributed by atoms with Crippen molar-refractivity contribution >= 4 is 0 Å². The molecule has 6 heteroatoms. The van der Waals surface area contributed by atoms with Gasteiger partial charge in [-0.3, -0.25) is 13.9 Å². The minimum absolute atomic E-state index is 0.105. The van der Waals surface area contributed by atoms with Crippen LogP contribution in [0.25, 0.3) is 11.1 Å². The number of nitrogens with zero attached hydrogens (tertiary/aromatic N) is 2. The molecule has 1 aromatic heterocycles. The zero-order valence-corrected chi connectivity index (χ0v) is 14.0. The average Bonchev–Trinajstić information content (AvgIpc) is 3.14. The van der Waals surface area contributed by atoms with Crippen molar-refractivity contribution in [2.24, 2.45) is 0 Å². The van der Waals surface area contributed by atoms with Gasteiger partial charge in [-0.2, -0.15) is 0 Å². The van der Waals surface area contributed by atoms with E-state index in [-0.39, 0.29) is 23.6 Å². The highest BCUT2D eigenvalue weighted by molar-refractivity contribution is 5.68. The summed E-state index contributed by atoms with van der Waals surface area (Å²) < 4.78 is 22.4. The molecule has 0 fully saturated rings. The molecule has 132 valence electrons. The van der Waals surface area contributed by atoms with Gasteiger partial charge in [-0.25, -0.2) is 9.18 Å². The van der Waals surface area contributed by atoms with Crippen molar-refractivity contribution < 1.29 is 9.13 Å². The molecule has 0 aliphatic carbocycles. The summed E-state index contributed by atoms with van der Waals surface area (Å²) in [4.78, 5) is 25.7. The van der Waals surface area contributed by atoms with Crippen LogP contribution in [-0.2, 0) is 19.5 Å². The van der Waals surface area contributed by atoms with Gasteiger partial charge in [0.05, 0.1) is 6.54 Å². The predicted molar refractivity (Wildman–Crippen MR) is 96.0 cm³/mol. The fraction of sp³-hybridized carbons (Fsp3) is 0.200. The predicted octanol–water partition coefficient (Wildman–Crippen LogP) is 2.45. The summed E-state index contributed by atoms with van der Waals surface area (Å²) in [7, 11) is 0. The van der Waals surface area contributed by atoms with Crippen LogP contribution in [0.2, 0.25) is 0 Å². The van der Waals surface area contributed by atoms with Crippen molar-refractivity contribution in [3.05, 3.63) is 86.8 Å². The van der Waals surface area contributed by atoms with Gasteiger partial charge in [-0.15, -0.1) is 0 Å². The molecule has 0 bridgehead atoms. The number of halogens is 1. The number of fused-ring (bicyclic) bond motifs is 1. The lowest BCUT2D eigenvalue weighted by molar-refractivity contribution is 0.357. The lowest BCUT2D eigenvalue weighted by Gasteiger charge is -2.13. The molecule has 0 saturated carbocycles. The minimum atomic E-state index is -0.524. The number of aromatic nitrogens is 2. The molecule has 0 atom stereocenters. The fourth-order valence-corrected chi connectivity index (χ4v) is 3.24. The van der Waals surface area contributed by atoms with Gasteiger partial charge < -0.3 is 4.74 Å². The summed E-state index contributed by atoms with van der Waals surface area (Å²) >= 11 is 0. The van der Waals surface area contributed by atoms with Crippen LogP contribution in [0, 0.1) is 5.82 Å². The number of ether oxygens (including phenoxy) is 1. The summed E-state index contributed by atoms with van der Waals surface area (Å²) in [6.07, 6.45) is 0.535. The maximum atomic E-state index is 14.3. The third kappa shape index (κ3) is 2.73. The third-order valence-corrected chi connectivity index (χ3v) is 4.54. The molecule has 1 aliphatic heterocycles. The number of rotatable bonds is 4. The molecule has 4 rings (SSSR count). The van der Waals surface area contributed by atoms with Crippen molar-refractivity contribution in [1.29, 1.82) is 0 Å². The number of hydrogen-bond donors (Lipinski definition) is 0. The van der Waals surface area contributed by atoms with Gasteiger partial charge in [0.15, 0.2) is 0 Å². The summed E-state index contributed by atoms with van der Waals surface area (Å²) in [5.41, 5.74) is 0.334. The van der Waals surface area contributed by atoms with Crippen LogP contribution < -0.4 is 16.0 Å². The Kier molecular flexibility index (Phi) is 4.16. The molecule has 3 aromatic rings. The second kappa shape index (κ2) is 6.63. The standard InChI is InChI=1S/C20H17FN2O3/c21-16-9-5-4-8-15(16)17-18(24)22(11-10-14-6-2-1-3-7-14)20(25)23-12-13-26-19(17)23/h1-9H,10-13H2. The Balaban J connectivity index is 1.85. The van der Waals surface area contributed by atoms with Crippen LogP contribution in [0.3, 0.4) is 0 Å². The van der Waals surface area contributed by atoms with Crippen LogP contribution in [0.1, 0.15) is 5.56 Å². The van der Waals surface area contributed by atoms with E-state index in [2.05, 4.69) is 0 Å². The molecule has 26 heavy (non-hydrogen) atoms. The first-order valence-corrected chi connectivity index (χ1v) is 8.46. The van der Waals surface area contributed by atoms with Crippen molar-refractivity contribution in [3.8, 4) is 17.0 Å². The number of benzene rings is 2. The van der Waals surface area contributed by atoms with E-state index in [1.165, 1.54) is 21.3 Å². The quantitative estimate of drug-likeness (QED) is 0.725. The second-order valence-electron chi connectivity index (χ2n) is 6.14. The topological polar surface area (TPSA) is 53.2 Å². The minimum Gasteiger partial charge on any atom is -0.476 e. The van der Waals surface area contributed by atoms with E-state index >= 15 is 0 Å². The van der Waals surface area contributed by atoms with E-state index in [0.717, 1.165) is 5.56 Å². The zero-order valence-electron chi connectivity index (χ0n) is 14.0. The average molecular weight is 352 g/mol. The van der Waals surface area contributed by atoms with Gasteiger partial charge in [-0.05, 0) is 18.1 Å². The van der Waals surface area contributed by atoms with Crippen molar-refractivity contribution in [3.63, 3.8) is 0 Å². The first-order valence-electron chi connectivity index (χ1n) is 8.46. The maximum Gasteiger partial charge on any atom is 0.333 e. The fourth-order valence-electron chi connectivity index (χ4n) is 3.24. The number of aryl methyl sites for hydroxylation is 1. The lowest BCUT2D eigenvalue weighted by Crippen LogP contribution is -2.40. The van der Waals surface area contributed by atoms with Gasteiger partial charge in [-0.1, -0.05) is 48.5 Å². The van der Waals surface area contributed by atoms with Crippen LogP contribution >= 0.6 is 0 Å². The van der Waals surface area contributed by atoms with Crippen molar-refractivity contribution in [2.45, 2.75) is 19.5 Å². The molecule has 5 nitrogen and oxygen atoms in total. The SMILES string of the molecule is O=c1c(-c2ccccc2F)c2n(c(=O)n1CCc1ccccc1)CCO2. The Morgan fingerprint density at radius 3 is 2.50 bits per heavy atom. The monoisotopic (exact) mass is 352 g/mol. The molecule has 1 aliphatic rings. The summed E-state index contributed by atoms with van der Waals surface area (Å²) in [5.74, 6) is -0.364. The Hall–Kier alpha value is -3.15. The molecule has 0 N–H and O–H groups in total. The molecule has 0 radical (unpaired) electrons. The van der Waals surface area contributed by atoms with E-state index < -0.39 is 17.1 Å². The van der Waals surface area contributed by atoms with Crippen LogP contribution in [-0.4, -0.2) is 15.7 Å². The van der Waals surface area contributed by atoms with Gasteiger partial charge in [0.25, 0.3) is 5.56 Å². The maximum absolute atomic E-state index is 14.3. The van der Waals surface area contributed by atoms with E-state index in [1.807, 2.05) is 30.3 Å². The van der Waals surface area contributed by atoms with Crippen molar-refractivity contribution in [2.75, 3.05) is 6.61 Å². The molecule has 2 aromatic carbocycles. The smallest absolute Gasteiger partial charge is 0.333 e. The Morgan fingerprint density at radius 2 is 1.73 bits per heavy atom. The molecule has 0 amide bonds. The summed E-state index contributed by atoms with van der Waals surface area (Å²) in [6, 6.07) is 15.6. The highest BCUT2D eigenvalue weighted by Gasteiger charge is 2.26. The normalized spacial score (nSPS) is 12.7. The van der Waals surface area contributed by atoms with E-state index in [9.17, 15) is 14.0 Å². The van der Waals surface area contributed by atoms with E-state index in [4.69, 9.17) is 4.74 Å². The zero-order chi connectivity index (χ0) is 18.1. The molecule has 0 saturated heterocycles. The summed E-state index contributed by atoms with van der Waals surface area (Å²) in [6.45, 7) is 0.865. The Bertz CT molecular complexity index is 1070. The number of hydrogen-bond acceptors (Lipinski definition) is 3. The first kappa shape index (κ1) is 16.3. The lowest BCUT2D eigenvalue weighted by atomic mass is 10.1. The molecule has 2 heterocycles. The second-order valence-corrected chi connectivity index (χ2v) is 6.14. The van der Waals surface area contributed by atoms with Crippen LogP contribution in [0.15, 0.2) is 64.2 Å². The van der Waals surface area contributed by atoms with Gasteiger partial charge in [0.2, 0.25) is 5.88 Å². The van der Waals surface area contributed by atoms with Gasteiger partial charge >= 0.3 is 5.69 Å². The molecular weight excluding hydrogens is 335 g/mol. The first-order chi connectivity index (χ1) is 12.7. The van der Waals surface area contributed by atoms with Gasteiger partial charge in [0, 0.05) is 12.1 Å². The largest absolute Gasteiger partial charge is 0.476 e. The Morgan fingerprint density at radius 1 is 1.00 bits per heavy atom. The molecule has 0 unspecified atom stereocenters. The van der Waals surface area contributed by atoms with Crippen molar-refractivity contribution in [1.82, 2.24) is 9.13 Å². The molecular formula is C20H17FN2O3. The highest BCUT2D eigenvalue weighted by atomic mass is 19.1. The van der Waals surface area contributed by atoms with Crippen LogP contribution in [0.4, 0.5) is 4.39 Å². The summed E-state index contributed by atoms with van der Waals surface area (Å²) in [5, 5.41) is 0. The highest BCUT2D eigenvalue weighted by Crippen LogP contribution is 2.29. The Labute approximate surface area is 148 Å². The van der Waals surface area contributed by atoms with Gasteiger partial charge in [0.1, 0.15) is 18.0 Å².